The van der Waals surface area contributed by atoms with Gasteiger partial charge in [0.25, 0.3) is 0 Å². The number of thiophene rings is 1. The molecule has 0 aromatic carbocycles. The summed E-state index contributed by atoms with van der Waals surface area (Å²) in [6, 6.07) is 6.10. The van der Waals surface area contributed by atoms with Gasteiger partial charge in [-0.15, -0.1) is 11.3 Å². The van der Waals surface area contributed by atoms with Crippen LogP contribution in [0.2, 0.25) is 0 Å². The third-order valence-corrected chi connectivity index (χ3v) is 6.87. The maximum atomic E-state index is 12.3. The first-order chi connectivity index (χ1) is 12.3. The molecular formula is C17H24N4O3S2. The predicted octanol–water partition coefficient (Wildman–Crippen LogP) is 1.71. The van der Waals surface area contributed by atoms with E-state index in [1.54, 1.807) is 11.3 Å². The third kappa shape index (κ3) is 4.52. The van der Waals surface area contributed by atoms with Gasteiger partial charge in [0.1, 0.15) is 5.69 Å². The van der Waals surface area contributed by atoms with E-state index in [2.05, 4.69) is 16.5 Å². The highest BCUT2D eigenvalue weighted by Gasteiger charge is 2.28. The van der Waals surface area contributed by atoms with Crippen molar-refractivity contribution in [1.29, 1.82) is 0 Å². The van der Waals surface area contributed by atoms with Crippen molar-refractivity contribution in [2.45, 2.75) is 26.3 Å². The predicted molar refractivity (Wildman–Crippen MR) is 102 cm³/mol. The van der Waals surface area contributed by atoms with Gasteiger partial charge in [0.15, 0.2) is 0 Å². The summed E-state index contributed by atoms with van der Waals surface area (Å²) in [4.78, 5) is 13.4. The summed E-state index contributed by atoms with van der Waals surface area (Å²) in [6.07, 6.45) is 2.36. The maximum Gasteiger partial charge on any atom is 0.223 e. The maximum absolute atomic E-state index is 12.3. The minimum absolute atomic E-state index is 0.00133. The van der Waals surface area contributed by atoms with Gasteiger partial charge in [0.05, 0.1) is 17.7 Å². The molecule has 9 heteroatoms. The summed E-state index contributed by atoms with van der Waals surface area (Å²) >= 11 is 1.66. The molecule has 2 aromatic rings. The van der Waals surface area contributed by atoms with E-state index >= 15 is 0 Å². The minimum atomic E-state index is -3.16. The molecule has 0 saturated carbocycles. The standard InChI is InChI=1S/C17H24N4O3S2/c1-13-12-15(16-4-3-11-25-16)19-21(13)10-7-18-17(22)14-5-8-20(9-6-14)26(2,23)24/h3-4,11-12,14H,5-10H2,1-2H3,(H,18,22). The topological polar surface area (TPSA) is 84.3 Å². The molecule has 0 bridgehead atoms. The molecule has 3 rings (SSSR count). The molecule has 0 unspecified atom stereocenters. The van der Waals surface area contributed by atoms with Gasteiger partial charge < -0.3 is 5.32 Å². The van der Waals surface area contributed by atoms with E-state index in [1.807, 2.05) is 29.1 Å². The quantitative estimate of drug-likeness (QED) is 0.806. The van der Waals surface area contributed by atoms with Crippen molar-refractivity contribution in [3.8, 4) is 10.6 Å². The zero-order valence-corrected chi connectivity index (χ0v) is 16.6. The fourth-order valence-corrected chi connectivity index (χ4v) is 4.72. The Balaban J connectivity index is 1.47. The fraction of sp³-hybridized carbons (Fsp3) is 0.529. The number of hydrogen-bond acceptors (Lipinski definition) is 5. The fourth-order valence-electron chi connectivity index (χ4n) is 3.16. The van der Waals surface area contributed by atoms with E-state index < -0.39 is 10.0 Å². The first-order valence-electron chi connectivity index (χ1n) is 8.66. The molecule has 2 aromatic heterocycles. The number of carbonyl (C=O) groups is 1. The molecule has 142 valence electrons. The van der Waals surface area contributed by atoms with Crippen LogP contribution in [0.5, 0.6) is 0 Å². The number of rotatable bonds is 6. The number of piperidine rings is 1. The first-order valence-corrected chi connectivity index (χ1v) is 11.4. The van der Waals surface area contributed by atoms with Crippen molar-refractivity contribution in [2.75, 3.05) is 25.9 Å². The Morgan fingerprint density at radius 2 is 2.12 bits per heavy atom. The smallest absolute Gasteiger partial charge is 0.223 e. The Labute approximate surface area is 158 Å². The molecule has 1 saturated heterocycles. The summed E-state index contributed by atoms with van der Waals surface area (Å²) in [5, 5.41) is 9.59. The molecule has 1 fully saturated rings. The Kier molecular flexibility index (Phi) is 5.79. The Morgan fingerprint density at radius 1 is 1.38 bits per heavy atom. The summed E-state index contributed by atoms with van der Waals surface area (Å²) < 4.78 is 26.4. The third-order valence-electron chi connectivity index (χ3n) is 4.67. The van der Waals surface area contributed by atoms with E-state index in [-0.39, 0.29) is 11.8 Å². The second-order valence-corrected chi connectivity index (χ2v) is 9.53. The van der Waals surface area contributed by atoms with Crippen molar-refractivity contribution in [3.05, 3.63) is 29.3 Å². The number of sulfonamides is 1. The number of aryl methyl sites for hydroxylation is 1. The molecule has 0 aliphatic carbocycles. The van der Waals surface area contributed by atoms with Crippen LogP contribution in [0.1, 0.15) is 18.5 Å². The van der Waals surface area contributed by atoms with Gasteiger partial charge in [-0.3, -0.25) is 9.48 Å². The largest absolute Gasteiger partial charge is 0.354 e. The van der Waals surface area contributed by atoms with Crippen LogP contribution in [-0.2, 0) is 21.4 Å². The Bertz CT molecular complexity index is 851. The van der Waals surface area contributed by atoms with E-state index in [9.17, 15) is 13.2 Å². The normalized spacial score (nSPS) is 16.7. The van der Waals surface area contributed by atoms with Gasteiger partial charge >= 0.3 is 0 Å². The lowest BCUT2D eigenvalue weighted by Crippen LogP contribution is -2.43. The average Bonchev–Trinajstić information content (AvgIpc) is 3.24. The summed E-state index contributed by atoms with van der Waals surface area (Å²) in [5.41, 5.74) is 2.01. The van der Waals surface area contributed by atoms with E-state index in [1.165, 1.54) is 10.6 Å². The molecule has 1 aliphatic rings. The van der Waals surface area contributed by atoms with E-state index in [0.29, 0.717) is 39.0 Å². The van der Waals surface area contributed by atoms with E-state index in [4.69, 9.17) is 0 Å². The van der Waals surface area contributed by atoms with Crippen molar-refractivity contribution < 1.29 is 13.2 Å². The minimum Gasteiger partial charge on any atom is -0.354 e. The summed E-state index contributed by atoms with van der Waals surface area (Å²) in [7, 11) is -3.16. The highest BCUT2D eigenvalue weighted by molar-refractivity contribution is 7.88. The number of aromatic nitrogens is 2. The van der Waals surface area contributed by atoms with Crippen molar-refractivity contribution in [2.24, 2.45) is 5.92 Å². The molecule has 1 N–H and O–H groups in total. The van der Waals surface area contributed by atoms with Gasteiger partial charge in [-0.1, -0.05) is 6.07 Å². The summed E-state index contributed by atoms with van der Waals surface area (Å²) in [6.45, 7) is 3.97. The van der Waals surface area contributed by atoms with Crippen LogP contribution in [0.25, 0.3) is 10.6 Å². The molecule has 0 spiro atoms. The average molecular weight is 397 g/mol. The van der Waals surface area contributed by atoms with Crippen LogP contribution >= 0.6 is 11.3 Å². The zero-order chi connectivity index (χ0) is 18.7. The van der Waals surface area contributed by atoms with Crippen molar-refractivity contribution in [3.63, 3.8) is 0 Å². The van der Waals surface area contributed by atoms with Gasteiger partial charge in [-0.25, -0.2) is 12.7 Å². The molecule has 26 heavy (non-hydrogen) atoms. The molecule has 1 amide bonds. The number of nitrogens with zero attached hydrogens (tertiary/aromatic N) is 3. The van der Waals surface area contributed by atoms with Crippen LogP contribution < -0.4 is 5.32 Å². The van der Waals surface area contributed by atoms with Crippen LogP contribution in [0, 0.1) is 12.8 Å². The molecule has 3 heterocycles. The molecular weight excluding hydrogens is 372 g/mol. The lowest BCUT2D eigenvalue weighted by molar-refractivity contribution is -0.126. The molecule has 7 nitrogen and oxygen atoms in total. The first kappa shape index (κ1) is 19.1. The van der Waals surface area contributed by atoms with Gasteiger partial charge in [-0.05, 0) is 37.3 Å². The second-order valence-electron chi connectivity index (χ2n) is 6.60. The monoisotopic (exact) mass is 396 g/mol. The number of nitrogens with one attached hydrogen (secondary N) is 1. The van der Waals surface area contributed by atoms with Crippen molar-refractivity contribution >= 4 is 27.3 Å². The lowest BCUT2D eigenvalue weighted by atomic mass is 9.97. The Morgan fingerprint density at radius 3 is 2.73 bits per heavy atom. The lowest BCUT2D eigenvalue weighted by Gasteiger charge is -2.29. The number of carbonyl (C=O) groups excluding carboxylic acids is 1. The van der Waals surface area contributed by atoms with Crippen LogP contribution in [0.15, 0.2) is 23.6 Å². The SMILES string of the molecule is Cc1cc(-c2cccs2)nn1CCNC(=O)C1CCN(S(C)(=O)=O)CC1. The van der Waals surface area contributed by atoms with Crippen LogP contribution in [0.4, 0.5) is 0 Å². The highest BCUT2D eigenvalue weighted by Crippen LogP contribution is 2.24. The number of amides is 1. The molecule has 0 radical (unpaired) electrons. The van der Waals surface area contributed by atoms with E-state index in [0.717, 1.165) is 16.3 Å². The van der Waals surface area contributed by atoms with Crippen LogP contribution in [0.3, 0.4) is 0 Å². The molecule has 0 atom stereocenters. The van der Waals surface area contributed by atoms with Crippen LogP contribution in [-0.4, -0.2) is 54.3 Å². The van der Waals surface area contributed by atoms with Gasteiger partial charge in [0.2, 0.25) is 15.9 Å². The second kappa shape index (κ2) is 7.89. The highest BCUT2D eigenvalue weighted by atomic mass is 32.2. The van der Waals surface area contributed by atoms with Crippen molar-refractivity contribution in [1.82, 2.24) is 19.4 Å². The number of hydrogen-bond donors (Lipinski definition) is 1. The Hall–Kier alpha value is -1.71. The summed E-state index contributed by atoms with van der Waals surface area (Å²) in [5.74, 6) is -0.116. The zero-order valence-electron chi connectivity index (χ0n) is 15.0. The van der Waals surface area contributed by atoms with Gasteiger partial charge in [0, 0.05) is 31.2 Å². The molecule has 1 aliphatic heterocycles. The van der Waals surface area contributed by atoms with Gasteiger partial charge in [-0.2, -0.15) is 5.10 Å².